The Hall–Kier alpha value is -2.28. The third-order valence-electron chi connectivity index (χ3n) is 3.12. The Morgan fingerprint density at radius 3 is 2.68 bits per heavy atom. The molecule has 4 nitrogen and oxygen atoms in total. The number of pyridine rings is 2. The predicted octanol–water partition coefficient (Wildman–Crippen LogP) is 3.22. The van der Waals surface area contributed by atoms with Crippen LogP contribution >= 0.6 is 11.6 Å². The van der Waals surface area contributed by atoms with Gasteiger partial charge < -0.3 is 8.97 Å². The number of aromatic nitrogens is 3. The van der Waals surface area contributed by atoms with E-state index in [1.54, 1.807) is 28.9 Å². The van der Waals surface area contributed by atoms with Crippen LogP contribution in [0.2, 0.25) is 5.02 Å². The number of nitrogens with zero attached hydrogens (tertiary/aromatic N) is 3. The highest BCUT2D eigenvalue weighted by atomic mass is 35.5. The molecule has 8 heteroatoms. The third kappa shape index (κ3) is 2.71. The van der Waals surface area contributed by atoms with Crippen molar-refractivity contribution < 1.29 is 13.2 Å². The lowest BCUT2D eigenvalue weighted by atomic mass is 10.2. The molecule has 0 atom stereocenters. The minimum Gasteiger partial charge on any atom is -0.309 e. The zero-order chi connectivity index (χ0) is 15.9. The van der Waals surface area contributed by atoms with Crippen molar-refractivity contribution in [1.82, 2.24) is 14.0 Å². The van der Waals surface area contributed by atoms with Gasteiger partial charge in [-0.2, -0.15) is 13.2 Å². The third-order valence-corrected chi connectivity index (χ3v) is 3.35. The summed E-state index contributed by atoms with van der Waals surface area (Å²) >= 11 is 5.86. The fourth-order valence-electron chi connectivity index (χ4n) is 2.15. The molecule has 3 rings (SSSR count). The van der Waals surface area contributed by atoms with E-state index in [1.807, 2.05) is 0 Å². The topological polar surface area (TPSA) is 39.3 Å². The zero-order valence-electron chi connectivity index (χ0n) is 11.0. The number of hydrogen-bond donors (Lipinski definition) is 0. The molecule has 0 radical (unpaired) electrons. The summed E-state index contributed by atoms with van der Waals surface area (Å²) in [6.07, 6.45) is -0.128. The van der Waals surface area contributed by atoms with Crippen LogP contribution in [0.25, 0.3) is 5.65 Å². The number of fused-ring (bicyclic) bond motifs is 1. The molecule has 3 heterocycles. The van der Waals surface area contributed by atoms with E-state index < -0.39 is 17.3 Å². The second-order valence-corrected chi connectivity index (χ2v) is 5.13. The number of imidazole rings is 1. The smallest absolute Gasteiger partial charge is 0.309 e. The lowest BCUT2D eigenvalue weighted by Gasteiger charge is -2.09. The highest BCUT2D eigenvalue weighted by Gasteiger charge is 2.34. The van der Waals surface area contributed by atoms with E-state index in [0.29, 0.717) is 16.4 Å². The largest absolute Gasteiger partial charge is 0.421 e. The Balaban J connectivity index is 2.00. The van der Waals surface area contributed by atoms with Crippen LogP contribution in [0.4, 0.5) is 13.2 Å². The normalized spacial score (nSPS) is 12.0. The molecule has 114 valence electrons. The van der Waals surface area contributed by atoms with Gasteiger partial charge in [0.25, 0.3) is 5.56 Å². The molecule has 0 saturated heterocycles. The van der Waals surface area contributed by atoms with Gasteiger partial charge >= 0.3 is 6.18 Å². The van der Waals surface area contributed by atoms with Crippen molar-refractivity contribution >= 4 is 17.2 Å². The van der Waals surface area contributed by atoms with Gasteiger partial charge in [-0.1, -0.05) is 11.6 Å². The quantitative estimate of drug-likeness (QED) is 0.725. The lowest BCUT2D eigenvalue weighted by molar-refractivity contribution is -0.138. The van der Waals surface area contributed by atoms with Gasteiger partial charge in [-0.15, -0.1) is 0 Å². The Morgan fingerprint density at radius 1 is 1.18 bits per heavy atom. The molecule has 0 aliphatic heterocycles. The summed E-state index contributed by atoms with van der Waals surface area (Å²) < 4.78 is 40.8. The molecular weight excluding hydrogens is 319 g/mol. The molecule has 0 fully saturated rings. The van der Waals surface area contributed by atoms with Gasteiger partial charge in [-0.05, 0) is 24.3 Å². The molecule has 0 spiro atoms. The molecule has 3 aromatic heterocycles. The summed E-state index contributed by atoms with van der Waals surface area (Å²) in [6, 6.07) is 5.30. The first kappa shape index (κ1) is 14.6. The Bertz CT molecular complexity index is 898. The van der Waals surface area contributed by atoms with E-state index in [2.05, 4.69) is 4.98 Å². The fraction of sp³-hybridized carbons (Fsp3) is 0.143. The Labute approximate surface area is 127 Å². The van der Waals surface area contributed by atoms with Crippen molar-refractivity contribution in [3.05, 3.63) is 69.5 Å². The van der Waals surface area contributed by atoms with Crippen molar-refractivity contribution in [3.63, 3.8) is 0 Å². The van der Waals surface area contributed by atoms with E-state index in [4.69, 9.17) is 11.6 Å². The molecule has 0 bridgehead atoms. The average Bonchev–Trinajstić information content (AvgIpc) is 2.81. The molecule has 0 aliphatic rings. The summed E-state index contributed by atoms with van der Waals surface area (Å²) in [5.74, 6) is 0. The monoisotopic (exact) mass is 327 g/mol. The van der Waals surface area contributed by atoms with Crippen LogP contribution in [0.3, 0.4) is 0 Å². The summed E-state index contributed by atoms with van der Waals surface area (Å²) in [7, 11) is 0. The van der Waals surface area contributed by atoms with Crippen LogP contribution in [0, 0.1) is 0 Å². The Morgan fingerprint density at radius 2 is 1.95 bits per heavy atom. The van der Waals surface area contributed by atoms with Gasteiger partial charge in [-0.25, -0.2) is 4.98 Å². The lowest BCUT2D eigenvalue weighted by Crippen LogP contribution is -2.28. The number of alkyl halides is 3. The highest BCUT2D eigenvalue weighted by molar-refractivity contribution is 6.30. The van der Waals surface area contributed by atoms with Gasteiger partial charge in [0.1, 0.15) is 11.2 Å². The van der Waals surface area contributed by atoms with E-state index >= 15 is 0 Å². The van der Waals surface area contributed by atoms with Gasteiger partial charge in [-0.3, -0.25) is 4.79 Å². The first-order valence-electron chi connectivity index (χ1n) is 6.24. The molecule has 3 aromatic rings. The van der Waals surface area contributed by atoms with Gasteiger partial charge in [0.2, 0.25) is 0 Å². The summed E-state index contributed by atoms with van der Waals surface area (Å²) in [4.78, 5) is 16.1. The Kier molecular flexibility index (Phi) is 3.44. The fourth-order valence-corrected chi connectivity index (χ4v) is 2.31. The van der Waals surface area contributed by atoms with Crippen LogP contribution in [-0.2, 0) is 12.7 Å². The molecule has 0 amide bonds. The van der Waals surface area contributed by atoms with Gasteiger partial charge in [0, 0.05) is 18.6 Å². The number of hydrogen-bond acceptors (Lipinski definition) is 2. The molecule has 0 N–H and O–H groups in total. The molecule has 0 unspecified atom stereocenters. The van der Waals surface area contributed by atoms with Gasteiger partial charge in [0.05, 0.1) is 17.3 Å². The SMILES string of the molecule is O=c1c(C(F)(F)F)cccn1Cc1cn2cc(Cl)ccc2n1. The predicted molar refractivity (Wildman–Crippen MR) is 75.0 cm³/mol. The first-order valence-corrected chi connectivity index (χ1v) is 6.62. The van der Waals surface area contributed by atoms with E-state index in [-0.39, 0.29) is 6.54 Å². The van der Waals surface area contributed by atoms with Crippen molar-refractivity contribution in [2.45, 2.75) is 12.7 Å². The van der Waals surface area contributed by atoms with E-state index in [1.165, 1.54) is 12.3 Å². The minimum atomic E-state index is -4.67. The standard InChI is InChI=1S/C14H9ClF3N3O/c15-9-3-4-12-19-10(8-21(12)6-9)7-20-5-1-2-11(13(20)22)14(16,17)18/h1-6,8H,7H2. The maximum Gasteiger partial charge on any atom is 0.421 e. The second kappa shape index (κ2) is 5.17. The second-order valence-electron chi connectivity index (χ2n) is 4.70. The van der Waals surface area contributed by atoms with E-state index in [0.717, 1.165) is 10.6 Å². The van der Waals surface area contributed by atoms with Crippen molar-refractivity contribution in [2.75, 3.05) is 0 Å². The van der Waals surface area contributed by atoms with Crippen molar-refractivity contribution in [3.8, 4) is 0 Å². The van der Waals surface area contributed by atoms with E-state index in [9.17, 15) is 18.0 Å². The summed E-state index contributed by atoms with van der Waals surface area (Å²) in [5, 5.41) is 0.507. The van der Waals surface area contributed by atoms with Crippen LogP contribution < -0.4 is 5.56 Å². The summed E-state index contributed by atoms with van der Waals surface area (Å²) in [5.41, 5.74) is -1.23. The first-order chi connectivity index (χ1) is 10.3. The van der Waals surface area contributed by atoms with Crippen LogP contribution in [0.15, 0.2) is 47.7 Å². The molecule has 0 aliphatic carbocycles. The van der Waals surface area contributed by atoms with Crippen LogP contribution in [0.5, 0.6) is 0 Å². The van der Waals surface area contributed by atoms with Crippen molar-refractivity contribution in [1.29, 1.82) is 0 Å². The average molecular weight is 328 g/mol. The molecule has 0 saturated carbocycles. The molecule has 22 heavy (non-hydrogen) atoms. The highest BCUT2D eigenvalue weighted by Crippen LogP contribution is 2.26. The maximum absolute atomic E-state index is 12.7. The molecular formula is C14H9ClF3N3O. The van der Waals surface area contributed by atoms with Crippen molar-refractivity contribution in [2.24, 2.45) is 0 Å². The zero-order valence-corrected chi connectivity index (χ0v) is 11.8. The van der Waals surface area contributed by atoms with Crippen LogP contribution in [0.1, 0.15) is 11.3 Å². The number of halogens is 4. The maximum atomic E-state index is 12.7. The number of rotatable bonds is 2. The summed E-state index contributed by atoms with van der Waals surface area (Å²) in [6.45, 7) is -0.0535. The van der Waals surface area contributed by atoms with Gasteiger partial charge in [0.15, 0.2) is 0 Å². The molecule has 0 aromatic carbocycles. The van der Waals surface area contributed by atoms with Crippen LogP contribution in [-0.4, -0.2) is 14.0 Å². The minimum absolute atomic E-state index is 0.0535.